The van der Waals surface area contributed by atoms with Crippen LogP contribution in [0.5, 0.6) is 0 Å². The Balaban J connectivity index is 2.19. The molecule has 8 heteroatoms. The molecule has 0 spiro atoms. The van der Waals surface area contributed by atoms with Crippen LogP contribution in [-0.4, -0.2) is 34.1 Å². The van der Waals surface area contributed by atoms with Gasteiger partial charge >= 0.3 is 6.18 Å². The van der Waals surface area contributed by atoms with E-state index < -0.39 is 12.0 Å². The Morgan fingerprint density at radius 3 is 2.70 bits per heavy atom. The number of thioether (sulfide) groups is 1. The van der Waals surface area contributed by atoms with Gasteiger partial charge in [-0.05, 0) is 18.6 Å². The summed E-state index contributed by atoms with van der Waals surface area (Å²) in [6.45, 7) is 2.51. The lowest BCUT2D eigenvalue weighted by Gasteiger charge is -2.15. The summed E-state index contributed by atoms with van der Waals surface area (Å²) in [5.74, 6) is 1.26. The van der Waals surface area contributed by atoms with Gasteiger partial charge in [0.25, 0.3) is 0 Å². The van der Waals surface area contributed by atoms with Gasteiger partial charge in [-0.15, -0.1) is 0 Å². The van der Waals surface area contributed by atoms with E-state index in [1.165, 1.54) is 6.07 Å². The molecule has 1 saturated heterocycles. The third-order valence-electron chi connectivity index (χ3n) is 2.82. The SMILES string of the molecule is CCCNc1cc(NC2CCSC2)nc(C(F)(F)F)n1. The van der Waals surface area contributed by atoms with Crippen LogP contribution >= 0.6 is 11.8 Å². The summed E-state index contributed by atoms with van der Waals surface area (Å²) < 4.78 is 38.4. The molecule has 20 heavy (non-hydrogen) atoms. The van der Waals surface area contributed by atoms with Crippen LogP contribution in [0, 0.1) is 0 Å². The Labute approximate surface area is 120 Å². The fourth-order valence-corrected chi connectivity index (χ4v) is 3.00. The molecule has 1 aliphatic rings. The number of aromatic nitrogens is 2. The lowest BCUT2D eigenvalue weighted by Crippen LogP contribution is -2.21. The maximum Gasteiger partial charge on any atom is 0.451 e. The zero-order valence-electron chi connectivity index (χ0n) is 11.1. The topological polar surface area (TPSA) is 49.8 Å². The lowest BCUT2D eigenvalue weighted by atomic mass is 10.2. The first-order valence-corrected chi connectivity index (χ1v) is 7.69. The van der Waals surface area contributed by atoms with Crippen molar-refractivity contribution in [3.05, 3.63) is 11.9 Å². The zero-order chi connectivity index (χ0) is 14.6. The molecule has 0 aliphatic carbocycles. The number of alkyl halides is 3. The van der Waals surface area contributed by atoms with E-state index in [1.54, 1.807) is 11.8 Å². The molecule has 0 aromatic carbocycles. The van der Waals surface area contributed by atoms with Gasteiger partial charge < -0.3 is 10.6 Å². The van der Waals surface area contributed by atoms with E-state index in [0.29, 0.717) is 6.54 Å². The van der Waals surface area contributed by atoms with Gasteiger partial charge in [0, 0.05) is 24.4 Å². The highest BCUT2D eigenvalue weighted by molar-refractivity contribution is 7.99. The quantitative estimate of drug-likeness (QED) is 0.874. The van der Waals surface area contributed by atoms with Crippen LogP contribution in [0.4, 0.5) is 24.8 Å². The Kier molecular flexibility index (Phi) is 4.95. The summed E-state index contributed by atoms with van der Waals surface area (Å²) in [5, 5.41) is 5.93. The fourth-order valence-electron chi connectivity index (χ4n) is 1.85. The molecule has 1 atom stereocenters. The van der Waals surface area contributed by atoms with E-state index in [0.717, 1.165) is 24.3 Å². The van der Waals surface area contributed by atoms with Gasteiger partial charge in [-0.2, -0.15) is 24.9 Å². The van der Waals surface area contributed by atoms with Crippen molar-refractivity contribution in [3.8, 4) is 0 Å². The molecule has 1 aromatic rings. The Hall–Kier alpha value is -1.18. The largest absolute Gasteiger partial charge is 0.451 e. The van der Waals surface area contributed by atoms with Crippen LogP contribution < -0.4 is 10.6 Å². The summed E-state index contributed by atoms with van der Waals surface area (Å²) in [4.78, 5) is 7.10. The van der Waals surface area contributed by atoms with Crippen molar-refractivity contribution in [1.82, 2.24) is 9.97 Å². The number of hydrogen-bond donors (Lipinski definition) is 2. The second-order valence-electron chi connectivity index (χ2n) is 4.59. The molecule has 1 unspecified atom stereocenters. The molecule has 1 fully saturated rings. The van der Waals surface area contributed by atoms with Crippen molar-refractivity contribution < 1.29 is 13.2 Å². The van der Waals surface area contributed by atoms with Crippen LogP contribution in [0.3, 0.4) is 0 Å². The standard InChI is InChI=1S/C12H17F3N4S/c1-2-4-16-9-6-10(17-8-3-5-20-7-8)19-11(18-9)12(13,14)15/h6,8H,2-5,7H2,1H3,(H2,16,17,18,19). The highest BCUT2D eigenvalue weighted by Crippen LogP contribution is 2.29. The molecule has 1 aromatic heterocycles. The second kappa shape index (κ2) is 6.51. The van der Waals surface area contributed by atoms with Crippen LogP contribution in [0.2, 0.25) is 0 Å². The van der Waals surface area contributed by atoms with E-state index >= 15 is 0 Å². The molecular formula is C12H17F3N4S. The summed E-state index contributed by atoms with van der Waals surface area (Å²) in [7, 11) is 0. The number of nitrogens with zero attached hydrogens (tertiary/aromatic N) is 2. The number of anilines is 2. The van der Waals surface area contributed by atoms with Crippen molar-refractivity contribution >= 4 is 23.4 Å². The highest BCUT2D eigenvalue weighted by Gasteiger charge is 2.35. The molecule has 0 saturated carbocycles. The minimum Gasteiger partial charge on any atom is -0.370 e. The fraction of sp³-hybridized carbons (Fsp3) is 0.667. The number of hydrogen-bond acceptors (Lipinski definition) is 5. The van der Waals surface area contributed by atoms with Crippen molar-refractivity contribution in [2.45, 2.75) is 32.0 Å². The summed E-state index contributed by atoms with van der Waals surface area (Å²) >= 11 is 1.79. The van der Waals surface area contributed by atoms with E-state index in [1.807, 2.05) is 6.92 Å². The number of nitrogens with one attached hydrogen (secondary N) is 2. The normalized spacial score (nSPS) is 19.1. The van der Waals surface area contributed by atoms with Gasteiger partial charge in [-0.3, -0.25) is 0 Å². The van der Waals surface area contributed by atoms with Crippen molar-refractivity contribution in [3.63, 3.8) is 0 Å². The third-order valence-corrected chi connectivity index (χ3v) is 3.98. The second-order valence-corrected chi connectivity index (χ2v) is 5.74. The van der Waals surface area contributed by atoms with Gasteiger partial charge in [-0.1, -0.05) is 6.92 Å². The molecule has 0 bridgehead atoms. The van der Waals surface area contributed by atoms with Crippen LogP contribution in [0.1, 0.15) is 25.6 Å². The molecule has 2 rings (SSSR count). The van der Waals surface area contributed by atoms with Gasteiger partial charge in [0.15, 0.2) is 0 Å². The highest BCUT2D eigenvalue weighted by atomic mass is 32.2. The minimum atomic E-state index is -4.54. The van der Waals surface area contributed by atoms with Gasteiger partial charge in [-0.25, -0.2) is 9.97 Å². The van der Waals surface area contributed by atoms with E-state index in [4.69, 9.17) is 0 Å². The molecular weight excluding hydrogens is 289 g/mol. The molecule has 4 nitrogen and oxygen atoms in total. The molecule has 1 aliphatic heterocycles. The molecule has 2 heterocycles. The average Bonchev–Trinajstić information content (AvgIpc) is 2.88. The number of rotatable bonds is 5. The predicted molar refractivity (Wildman–Crippen MR) is 75.2 cm³/mol. The zero-order valence-corrected chi connectivity index (χ0v) is 11.9. The maximum atomic E-state index is 12.8. The van der Waals surface area contributed by atoms with Crippen LogP contribution in [-0.2, 0) is 6.18 Å². The van der Waals surface area contributed by atoms with Crippen molar-refractivity contribution in [1.29, 1.82) is 0 Å². The smallest absolute Gasteiger partial charge is 0.370 e. The van der Waals surface area contributed by atoms with Gasteiger partial charge in [0.2, 0.25) is 5.82 Å². The summed E-state index contributed by atoms with van der Waals surface area (Å²) in [5.41, 5.74) is 0. The monoisotopic (exact) mass is 306 g/mol. The first-order chi connectivity index (χ1) is 9.49. The first kappa shape index (κ1) is 15.2. The van der Waals surface area contributed by atoms with Crippen molar-refractivity contribution in [2.75, 3.05) is 28.7 Å². The third kappa shape index (κ3) is 4.16. The van der Waals surface area contributed by atoms with Gasteiger partial charge in [0.1, 0.15) is 11.6 Å². The number of halogens is 3. The Bertz CT molecular complexity index is 447. The maximum absolute atomic E-state index is 12.8. The lowest BCUT2D eigenvalue weighted by molar-refractivity contribution is -0.144. The average molecular weight is 306 g/mol. The first-order valence-electron chi connectivity index (χ1n) is 6.53. The predicted octanol–water partition coefficient (Wildman–Crippen LogP) is 3.23. The molecule has 0 amide bonds. The van der Waals surface area contributed by atoms with Gasteiger partial charge in [0.05, 0.1) is 0 Å². The van der Waals surface area contributed by atoms with Crippen LogP contribution in [0.25, 0.3) is 0 Å². The Morgan fingerprint density at radius 2 is 2.10 bits per heavy atom. The Morgan fingerprint density at radius 1 is 1.35 bits per heavy atom. The summed E-state index contributed by atoms with van der Waals surface area (Å²) in [6, 6.07) is 1.71. The van der Waals surface area contributed by atoms with E-state index in [2.05, 4.69) is 20.6 Å². The molecule has 0 radical (unpaired) electrons. The van der Waals surface area contributed by atoms with E-state index in [-0.39, 0.29) is 17.7 Å². The minimum absolute atomic E-state index is 0.176. The molecule has 112 valence electrons. The van der Waals surface area contributed by atoms with E-state index in [9.17, 15) is 13.2 Å². The summed E-state index contributed by atoms with van der Waals surface area (Å²) in [6.07, 6.45) is -2.79. The van der Waals surface area contributed by atoms with Crippen LogP contribution in [0.15, 0.2) is 6.07 Å². The molecule has 2 N–H and O–H groups in total. The van der Waals surface area contributed by atoms with Crippen molar-refractivity contribution in [2.24, 2.45) is 0 Å².